The number of non-ortho nitro benzene ring substituents is 1. The minimum atomic E-state index is -0.523. The van der Waals surface area contributed by atoms with Gasteiger partial charge in [-0.1, -0.05) is 6.07 Å². The van der Waals surface area contributed by atoms with E-state index < -0.39 is 4.92 Å². The van der Waals surface area contributed by atoms with Gasteiger partial charge in [0.15, 0.2) is 11.5 Å². The van der Waals surface area contributed by atoms with Crippen molar-refractivity contribution in [2.75, 3.05) is 54.6 Å². The first kappa shape index (κ1) is 23.1. The Morgan fingerprint density at radius 1 is 0.906 bits per heavy atom. The van der Waals surface area contributed by atoms with Gasteiger partial charge in [0.2, 0.25) is 5.75 Å². The molecule has 1 amide bonds. The minimum absolute atomic E-state index is 0.145. The molecule has 1 heterocycles. The molecule has 2 aromatic rings. The normalized spacial score (nSPS) is 14.1. The predicted molar refractivity (Wildman–Crippen MR) is 117 cm³/mol. The largest absolute Gasteiger partial charge is 0.496 e. The van der Waals surface area contributed by atoms with E-state index in [0.29, 0.717) is 55.7 Å². The van der Waals surface area contributed by atoms with Crippen molar-refractivity contribution in [3.05, 3.63) is 51.6 Å². The quantitative estimate of drug-likeness (QED) is 0.451. The summed E-state index contributed by atoms with van der Waals surface area (Å²) < 4.78 is 21.6. The Balaban J connectivity index is 1.71. The highest BCUT2D eigenvalue weighted by Gasteiger charge is 2.27. The van der Waals surface area contributed by atoms with Crippen LogP contribution in [0, 0.1) is 10.1 Å². The van der Waals surface area contributed by atoms with Gasteiger partial charge in [0.25, 0.3) is 11.6 Å². The molecule has 0 aromatic heterocycles. The van der Waals surface area contributed by atoms with E-state index in [1.54, 1.807) is 26.2 Å². The molecule has 10 nitrogen and oxygen atoms in total. The van der Waals surface area contributed by atoms with E-state index in [0.717, 1.165) is 5.56 Å². The smallest absolute Gasteiger partial charge is 0.270 e. The van der Waals surface area contributed by atoms with Crippen molar-refractivity contribution in [1.29, 1.82) is 0 Å². The third kappa shape index (κ3) is 4.70. The zero-order valence-corrected chi connectivity index (χ0v) is 18.6. The average molecular weight is 445 g/mol. The average Bonchev–Trinajstić information content (AvgIpc) is 2.83. The number of ether oxygens (including phenoxy) is 4. The number of nitrogens with zero attached hydrogens (tertiary/aromatic N) is 3. The molecule has 1 fully saturated rings. The molecule has 2 aromatic carbocycles. The molecule has 1 saturated heterocycles. The first-order valence-electron chi connectivity index (χ1n) is 10.0. The zero-order chi connectivity index (χ0) is 23.3. The van der Waals surface area contributed by atoms with Crippen molar-refractivity contribution in [3.63, 3.8) is 0 Å². The monoisotopic (exact) mass is 445 g/mol. The van der Waals surface area contributed by atoms with Gasteiger partial charge in [-0.2, -0.15) is 0 Å². The fourth-order valence-corrected chi connectivity index (χ4v) is 3.78. The van der Waals surface area contributed by atoms with Crippen LogP contribution in [0.25, 0.3) is 0 Å². The third-order valence-corrected chi connectivity index (χ3v) is 5.46. The molecule has 1 aliphatic heterocycles. The predicted octanol–water partition coefficient (Wildman–Crippen LogP) is 2.59. The highest BCUT2D eigenvalue weighted by Crippen LogP contribution is 2.40. The van der Waals surface area contributed by atoms with Crippen LogP contribution >= 0.6 is 0 Å². The van der Waals surface area contributed by atoms with Crippen molar-refractivity contribution in [2.45, 2.75) is 6.54 Å². The lowest BCUT2D eigenvalue weighted by Gasteiger charge is -2.35. The second-order valence-corrected chi connectivity index (χ2v) is 7.20. The molecular weight excluding hydrogens is 418 g/mol. The number of nitro groups is 1. The lowest BCUT2D eigenvalue weighted by Crippen LogP contribution is -2.48. The van der Waals surface area contributed by atoms with Gasteiger partial charge < -0.3 is 23.8 Å². The van der Waals surface area contributed by atoms with E-state index in [9.17, 15) is 14.9 Å². The molecular formula is C22H27N3O7. The van der Waals surface area contributed by atoms with Crippen LogP contribution in [-0.2, 0) is 6.54 Å². The number of hydrogen-bond acceptors (Lipinski definition) is 8. The Hall–Kier alpha value is -3.53. The molecule has 0 spiro atoms. The summed E-state index contributed by atoms with van der Waals surface area (Å²) in [5, 5.41) is 11.1. The topological polar surface area (TPSA) is 104 Å². The van der Waals surface area contributed by atoms with Crippen molar-refractivity contribution >= 4 is 11.6 Å². The first-order chi connectivity index (χ1) is 15.4. The first-order valence-corrected chi connectivity index (χ1v) is 10.0. The number of methoxy groups -OCH3 is 4. The summed E-state index contributed by atoms with van der Waals surface area (Å²) in [4.78, 5) is 27.5. The van der Waals surface area contributed by atoms with Crippen LogP contribution in [0.4, 0.5) is 5.69 Å². The standard InChI is InChI=1S/C22H27N3O7/c1-29-18-8-6-16(25(27)28)13-17(18)22(26)24-11-9-23(10-12-24)14-15-5-7-19(30-2)21(32-4)20(15)31-3/h5-8,13H,9-12,14H2,1-4H3. The summed E-state index contributed by atoms with van der Waals surface area (Å²) in [7, 11) is 6.16. The number of nitro benzene ring substituents is 1. The number of piperazine rings is 1. The molecule has 10 heteroatoms. The second-order valence-electron chi connectivity index (χ2n) is 7.20. The zero-order valence-electron chi connectivity index (χ0n) is 18.6. The Kier molecular flexibility index (Phi) is 7.37. The molecule has 0 aliphatic carbocycles. The van der Waals surface area contributed by atoms with Gasteiger partial charge >= 0.3 is 0 Å². The molecule has 0 unspecified atom stereocenters. The summed E-state index contributed by atoms with van der Waals surface area (Å²) in [6.07, 6.45) is 0. The Bertz CT molecular complexity index is 988. The van der Waals surface area contributed by atoms with Crippen molar-refractivity contribution < 1.29 is 28.7 Å². The molecule has 0 bridgehead atoms. The summed E-state index contributed by atoms with van der Waals surface area (Å²) >= 11 is 0. The number of amides is 1. The van der Waals surface area contributed by atoms with Crippen molar-refractivity contribution in [3.8, 4) is 23.0 Å². The van der Waals surface area contributed by atoms with Crippen LogP contribution in [0.5, 0.6) is 23.0 Å². The maximum absolute atomic E-state index is 13.0. The molecule has 3 rings (SSSR count). The lowest BCUT2D eigenvalue weighted by molar-refractivity contribution is -0.384. The van der Waals surface area contributed by atoms with E-state index >= 15 is 0 Å². The maximum atomic E-state index is 13.0. The van der Waals surface area contributed by atoms with Crippen LogP contribution in [0.3, 0.4) is 0 Å². The molecule has 1 aliphatic rings. The fraction of sp³-hybridized carbons (Fsp3) is 0.409. The van der Waals surface area contributed by atoms with E-state index in [1.807, 2.05) is 12.1 Å². The van der Waals surface area contributed by atoms with Crippen molar-refractivity contribution in [2.24, 2.45) is 0 Å². The van der Waals surface area contributed by atoms with Crippen LogP contribution in [0.2, 0.25) is 0 Å². The van der Waals surface area contributed by atoms with Gasteiger partial charge in [-0.25, -0.2) is 0 Å². The number of rotatable bonds is 8. The summed E-state index contributed by atoms with van der Waals surface area (Å²) in [6.45, 7) is 2.87. The Morgan fingerprint density at radius 2 is 1.53 bits per heavy atom. The summed E-state index contributed by atoms with van der Waals surface area (Å²) in [6, 6.07) is 7.81. The second kappa shape index (κ2) is 10.2. The maximum Gasteiger partial charge on any atom is 0.270 e. The van der Waals surface area contributed by atoms with E-state index in [2.05, 4.69) is 4.90 Å². The lowest BCUT2D eigenvalue weighted by atomic mass is 10.1. The van der Waals surface area contributed by atoms with Crippen LogP contribution in [-0.4, -0.2) is 75.2 Å². The summed E-state index contributed by atoms with van der Waals surface area (Å²) in [5.74, 6) is 1.78. The molecule has 0 N–H and O–H groups in total. The van der Waals surface area contributed by atoms with Gasteiger partial charge in [-0.3, -0.25) is 19.8 Å². The van der Waals surface area contributed by atoms with Crippen molar-refractivity contribution in [1.82, 2.24) is 9.80 Å². The fourth-order valence-electron chi connectivity index (χ4n) is 3.78. The van der Waals surface area contributed by atoms with Gasteiger partial charge in [-0.15, -0.1) is 0 Å². The Labute approximate surface area is 186 Å². The van der Waals surface area contributed by atoms with E-state index in [1.165, 1.54) is 25.3 Å². The highest BCUT2D eigenvalue weighted by atomic mass is 16.6. The van der Waals surface area contributed by atoms with Crippen LogP contribution in [0.15, 0.2) is 30.3 Å². The SMILES string of the molecule is COc1ccc([N+](=O)[O-])cc1C(=O)N1CCN(Cc2ccc(OC)c(OC)c2OC)CC1. The molecule has 0 atom stereocenters. The third-order valence-electron chi connectivity index (χ3n) is 5.46. The molecule has 172 valence electrons. The number of carbonyl (C=O) groups is 1. The number of benzene rings is 2. The van der Waals surface area contributed by atoms with Gasteiger partial charge in [0.05, 0.1) is 38.9 Å². The van der Waals surface area contributed by atoms with Gasteiger partial charge in [-0.05, 0) is 12.1 Å². The summed E-state index contributed by atoms with van der Waals surface area (Å²) in [5.41, 5.74) is 0.996. The van der Waals surface area contributed by atoms with Crippen LogP contribution in [0.1, 0.15) is 15.9 Å². The molecule has 32 heavy (non-hydrogen) atoms. The van der Waals surface area contributed by atoms with Gasteiger partial charge in [0.1, 0.15) is 5.75 Å². The molecule has 0 saturated carbocycles. The molecule has 0 radical (unpaired) electrons. The van der Waals surface area contributed by atoms with E-state index in [4.69, 9.17) is 18.9 Å². The number of carbonyl (C=O) groups excluding carboxylic acids is 1. The Morgan fingerprint density at radius 3 is 2.09 bits per heavy atom. The highest BCUT2D eigenvalue weighted by molar-refractivity contribution is 5.97. The number of hydrogen-bond donors (Lipinski definition) is 0. The van der Waals surface area contributed by atoms with Crippen LogP contribution < -0.4 is 18.9 Å². The van der Waals surface area contributed by atoms with Gasteiger partial charge in [0, 0.05) is 50.4 Å². The van der Waals surface area contributed by atoms with E-state index in [-0.39, 0.29) is 17.2 Å². The minimum Gasteiger partial charge on any atom is -0.496 e.